The van der Waals surface area contributed by atoms with E-state index in [0.29, 0.717) is 0 Å². The molecule has 0 bridgehead atoms. The Labute approximate surface area is 115 Å². The summed E-state index contributed by atoms with van der Waals surface area (Å²) < 4.78 is 13.9. The van der Waals surface area contributed by atoms with Gasteiger partial charge in [0, 0.05) is 17.8 Å². The zero-order valence-electron chi connectivity index (χ0n) is 10.6. The van der Waals surface area contributed by atoms with E-state index in [9.17, 15) is 4.39 Å². The van der Waals surface area contributed by atoms with Crippen LogP contribution in [0.15, 0.2) is 54.9 Å². The van der Waals surface area contributed by atoms with Gasteiger partial charge in [-0.3, -0.25) is 15.8 Å². The fraction of sp³-hybridized carbons (Fsp3) is 0.0667. The summed E-state index contributed by atoms with van der Waals surface area (Å²) in [6.07, 6.45) is 3.27. The minimum Gasteiger partial charge on any atom is -0.271 e. The number of hydrogen-bond acceptors (Lipinski definition) is 4. The van der Waals surface area contributed by atoms with Gasteiger partial charge < -0.3 is 0 Å². The van der Waals surface area contributed by atoms with E-state index >= 15 is 0 Å². The van der Waals surface area contributed by atoms with Crippen LogP contribution in [0, 0.1) is 5.82 Å². The zero-order valence-corrected chi connectivity index (χ0v) is 10.6. The van der Waals surface area contributed by atoms with Gasteiger partial charge in [-0.15, -0.1) is 0 Å². The topological polar surface area (TPSA) is 63.8 Å². The Morgan fingerprint density at radius 2 is 1.80 bits per heavy atom. The Morgan fingerprint density at radius 3 is 2.60 bits per heavy atom. The lowest BCUT2D eigenvalue weighted by Crippen LogP contribution is -2.30. The van der Waals surface area contributed by atoms with Crippen molar-refractivity contribution in [3.05, 3.63) is 71.9 Å². The molecule has 3 N–H and O–H groups in total. The maximum absolute atomic E-state index is 13.9. The highest BCUT2D eigenvalue weighted by Gasteiger charge is 2.19. The van der Waals surface area contributed by atoms with Crippen LogP contribution in [0.25, 0.3) is 10.9 Å². The van der Waals surface area contributed by atoms with E-state index in [2.05, 4.69) is 15.4 Å². The van der Waals surface area contributed by atoms with E-state index in [1.807, 2.05) is 30.3 Å². The summed E-state index contributed by atoms with van der Waals surface area (Å²) in [7, 11) is 0. The predicted molar refractivity (Wildman–Crippen MR) is 75.1 cm³/mol. The SMILES string of the molecule is NNC(c1ncccc1F)c1cccc2ncccc12. The van der Waals surface area contributed by atoms with Gasteiger partial charge in [0.15, 0.2) is 0 Å². The summed E-state index contributed by atoms with van der Waals surface area (Å²) in [6.45, 7) is 0. The van der Waals surface area contributed by atoms with Crippen molar-refractivity contribution in [2.24, 2.45) is 5.84 Å². The van der Waals surface area contributed by atoms with E-state index in [4.69, 9.17) is 5.84 Å². The average molecular weight is 268 g/mol. The summed E-state index contributed by atoms with van der Waals surface area (Å²) in [4.78, 5) is 8.39. The quantitative estimate of drug-likeness (QED) is 0.565. The van der Waals surface area contributed by atoms with E-state index in [1.165, 1.54) is 6.07 Å². The van der Waals surface area contributed by atoms with Crippen molar-refractivity contribution in [2.45, 2.75) is 6.04 Å². The normalized spacial score (nSPS) is 12.5. The molecule has 0 amide bonds. The maximum Gasteiger partial charge on any atom is 0.146 e. The number of hydrogen-bond donors (Lipinski definition) is 2. The minimum absolute atomic E-state index is 0.270. The van der Waals surface area contributed by atoms with Crippen LogP contribution in [0.5, 0.6) is 0 Å². The van der Waals surface area contributed by atoms with Crippen LogP contribution in [0.4, 0.5) is 4.39 Å². The van der Waals surface area contributed by atoms with Crippen molar-refractivity contribution >= 4 is 10.9 Å². The highest BCUT2D eigenvalue weighted by molar-refractivity contribution is 5.82. The van der Waals surface area contributed by atoms with Gasteiger partial charge in [0.25, 0.3) is 0 Å². The molecule has 0 aliphatic carbocycles. The van der Waals surface area contributed by atoms with Crippen LogP contribution in [0.2, 0.25) is 0 Å². The number of benzene rings is 1. The molecule has 0 aliphatic rings. The monoisotopic (exact) mass is 268 g/mol. The molecule has 0 saturated carbocycles. The first kappa shape index (κ1) is 12.7. The molecule has 0 saturated heterocycles. The van der Waals surface area contributed by atoms with Gasteiger partial charge in [-0.05, 0) is 29.8 Å². The third kappa shape index (κ3) is 2.13. The molecule has 0 aliphatic heterocycles. The largest absolute Gasteiger partial charge is 0.271 e. The number of pyridine rings is 2. The van der Waals surface area contributed by atoms with Crippen LogP contribution in [-0.4, -0.2) is 9.97 Å². The van der Waals surface area contributed by atoms with Crippen molar-refractivity contribution in [3.8, 4) is 0 Å². The highest BCUT2D eigenvalue weighted by atomic mass is 19.1. The Hall–Kier alpha value is -2.37. The predicted octanol–water partition coefficient (Wildman–Crippen LogP) is 2.32. The Morgan fingerprint density at radius 1 is 1.00 bits per heavy atom. The molecule has 1 unspecified atom stereocenters. The standard InChI is InChI=1S/C15H13FN4/c16-12-6-3-9-19-15(12)14(20-17)11-4-1-7-13-10(11)5-2-8-18-13/h1-9,14,20H,17H2. The second kappa shape index (κ2) is 5.32. The Bertz CT molecular complexity index is 739. The van der Waals surface area contributed by atoms with E-state index in [1.54, 1.807) is 18.5 Å². The van der Waals surface area contributed by atoms with Crippen LogP contribution in [0.3, 0.4) is 0 Å². The first-order chi connectivity index (χ1) is 9.81. The fourth-order valence-electron chi connectivity index (χ4n) is 2.31. The van der Waals surface area contributed by atoms with Gasteiger partial charge in [-0.2, -0.15) is 0 Å². The van der Waals surface area contributed by atoms with Crippen molar-refractivity contribution in [3.63, 3.8) is 0 Å². The summed E-state index contributed by atoms with van der Waals surface area (Å²) >= 11 is 0. The summed E-state index contributed by atoms with van der Waals surface area (Å²) in [5, 5.41) is 0.919. The molecular weight excluding hydrogens is 255 g/mol. The molecule has 1 aromatic carbocycles. The van der Waals surface area contributed by atoms with Crippen molar-refractivity contribution < 1.29 is 4.39 Å². The second-order valence-corrected chi connectivity index (χ2v) is 4.39. The molecule has 2 heterocycles. The lowest BCUT2D eigenvalue weighted by molar-refractivity contribution is 0.545. The number of nitrogens with zero attached hydrogens (tertiary/aromatic N) is 2. The molecule has 5 heteroatoms. The van der Waals surface area contributed by atoms with Gasteiger partial charge in [-0.25, -0.2) is 9.82 Å². The highest BCUT2D eigenvalue weighted by Crippen LogP contribution is 2.27. The first-order valence-electron chi connectivity index (χ1n) is 6.21. The first-order valence-corrected chi connectivity index (χ1v) is 6.21. The van der Waals surface area contributed by atoms with Gasteiger partial charge >= 0.3 is 0 Å². The average Bonchev–Trinajstić information content (AvgIpc) is 2.50. The third-order valence-electron chi connectivity index (χ3n) is 3.22. The molecule has 100 valence electrons. The number of hydrazine groups is 1. The maximum atomic E-state index is 13.9. The molecule has 3 rings (SSSR count). The molecule has 3 aromatic rings. The lowest BCUT2D eigenvalue weighted by atomic mass is 9.98. The molecule has 1 atom stereocenters. The van der Waals surface area contributed by atoms with Gasteiger partial charge in [0.1, 0.15) is 5.82 Å². The Kier molecular flexibility index (Phi) is 3.37. The number of nitrogens with two attached hydrogens (primary N) is 1. The van der Waals surface area contributed by atoms with Gasteiger partial charge in [0.05, 0.1) is 17.3 Å². The smallest absolute Gasteiger partial charge is 0.146 e. The van der Waals surface area contributed by atoms with E-state index in [0.717, 1.165) is 16.5 Å². The summed E-state index contributed by atoms with van der Waals surface area (Å²) in [5.41, 5.74) is 4.59. The van der Waals surface area contributed by atoms with Crippen LogP contribution < -0.4 is 11.3 Å². The van der Waals surface area contributed by atoms with Crippen molar-refractivity contribution in [2.75, 3.05) is 0 Å². The molecule has 2 aromatic heterocycles. The molecule has 0 radical (unpaired) electrons. The zero-order chi connectivity index (χ0) is 13.9. The van der Waals surface area contributed by atoms with E-state index in [-0.39, 0.29) is 5.69 Å². The van der Waals surface area contributed by atoms with Crippen LogP contribution in [0.1, 0.15) is 17.3 Å². The van der Waals surface area contributed by atoms with Crippen LogP contribution >= 0.6 is 0 Å². The lowest BCUT2D eigenvalue weighted by Gasteiger charge is -2.18. The molecule has 4 nitrogen and oxygen atoms in total. The number of rotatable bonds is 3. The number of aromatic nitrogens is 2. The Balaban J connectivity index is 2.20. The number of fused-ring (bicyclic) bond motifs is 1. The fourth-order valence-corrected chi connectivity index (χ4v) is 2.31. The van der Waals surface area contributed by atoms with Crippen molar-refractivity contribution in [1.29, 1.82) is 0 Å². The number of nitrogens with one attached hydrogen (secondary N) is 1. The van der Waals surface area contributed by atoms with Crippen LogP contribution in [-0.2, 0) is 0 Å². The van der Waals surface area contributed by atoms with Gasteiger partial charge in [-0.1, -0.05) is 18.2 Å². The summed E-state index contributed by atoms with van der Waals surface area (Å²) in [5.74, 6) is 5.23. The molecule has 20 heavy (non-hydrogen) atoms. The molecule has 0 spiro atoms. The second-order valence-electron chi connectivity index (χ2n) is 4.39. The van der Waals surface area contributed by atoms with Crippen molar-refractivity contribution in [1.82, 2.24) is 15.4 Å². The molecular formula is C15H13FN4. The number of halogens is 1. The minimum atomic E-state index is -0.524. The molecule has 0 fully saturated rings. The van der Waals surface area contributed by atoms with E-state index < -0.39 is 11.9 Å². The third-order valence-corrected chi connectivity index (χ3v) is 3.22. The summed E-state index contributed by atoms with van der Waals surface area (Å²) in [6, 6.07) is 11.8. The van der Waals surface area contributed by atoms with Gasteiger partial charge in [0.2, 0.25) is 0 Å².